The van der Waals surface area contributed by atoms with E-state index < -0.39 is 0 Å². The third kappa shape index (κ3) is 3.56. The van der Waals surface area contributed by atoms with E-state index in [4.69, 9.17) is 9.40 Å². The summed E-state index contributed by atoms with van der Waals surface area (Å²) in [6, 6.07) is 3.84. The van der Waals surface area contributed by atoms with Crippen LogP contribution in [0.25, 0.3) is 11.1 Å². The Bertz CT molecular complexity index is 999. The Hall–Kier alpha value is -2.96. The van der Waals surface area contributed by atoms with Crippen LogP contribution in [-0.2, 0) is 11.3 Å². The van der Waals surface area contributed by atoms with Crippen molar-refractivity contribution in [2.75, 3.05) is 18.0 Å². The molecule has 28 heavy (non-hydrogen) atoms. The smallest absolute Gasteiger partial charge is 0.231 e. The first kappa shape index (κ1) is 18.4. The second-order valence-corrected chi connectivity index (χ2v) is 7.42. The van der Waals surface area contributed by atoms with E-state index in [1.807, 2.05) is 32.9 Å². The summed E-state index contributed by atoms with van der Waals surface area (Å²) in [5.74, 6) is 2.43. The molecular weight excluding hydrogens is 354 g/mol. The molecule has 0 aliphatic carbocycles. The van der Waals surface area contributed by atoms with Crippen molar-refractivity contribution >= 4 is 22.8 Å². The Morgan fingerprint density at radius 1 is 1.32 bits per heavy atom. The molecule has 0 spiro atoms. The van der Waals surface area contributed by atoms with Crippen molar-refractivity contribution in [2.45, 2.75) is 40.2 Å². The molecule has 3 aromatic heterocycles. The highest BCUT2D eigenvalue weighted by molar-refractivity contribution is 5.90. The number of hydrogen-bond donors (Lipinski definition) is 1. The molecular formula is C21H25N5O2. The van der Waals surface area contributed by atoms with E-state index in [9.17, 15) is 4.79 Å². The molecule has 0 unspecified atom stereocenters. The fourth-order valence-electron chi connectivity index (χ4n) is 3.78. The van der Waals surface area contributed by atoms with Crippen LogP contribution in [0.2, 0.25) is 0 Å². The second-order valence-electron chi connectivity index (χ2n) is 7.42. The van der Waals surface area contributed by atoms with E-state index in [1.165, 1.54) is 0 Å². The monoisotopic (exact) mass is 379 g/mol. The van der Waals surface area contributed by atoms with E-state index in [-0.39, 0.29) is 11.8 Å². The normalized spacial score (nSPS) is 17.1. The fourth-order valence-corrected chi connectivity index (χ4v) is 3.78. The number of hydrogen-bond acceptors (Lipinski definition) is 6. The first-order chi connectivity index (χ1) is 13.5. The number of piperidine rings is 1. The first-order valence-electron chi connectivity index (χ1n) is 9.69. The predicted octanol–water partition coefficient (Wildman–Crippen LogP) is 3.08. The van der Waals surface area contributed by atoms with Crippen LogP contribution in [0.15, 0.2) is 28.9 Å². The zero-order valence-corrected chi connectivity index (χ0v) is 16.5. The Labute approximate surface area is 164 Å². The van der Waals surface area contributed by atoms with Crippen molar-refractivity contribution < 1.29 is 9.21 Å². The van der Waals surface area contributed by atoms with Crippen molar-refractivity contribution in [1.29, 1.82) is 0 Å². The second kappa shape index (κ2) is 7.58. The Kier molecular flexibility index (Phi) is 4.98. The van der Waals surface area contributed by atoms with Crippen LogP contribution >= 0.6 is 0 Å². The zero-order valence-electron chi connectivity index (χ0n) is 16.5. The molecule has 1 N–H and O–H groups in total. The first-order valence-corrected chi connectivity index (χ1v) is 9.69. The lowest BCUT2D eigenvalue weighted by Crippen LogP contribution is -2.43. The van der Waals surface area contributed by atoms with Crippen molar-refractivity contribution in [1.82, 2.24) is 20.3 Å². The Balaban J connectivity index is 1.52. The van der Waals surface area contributed by atoms with Crippen molar-refractivity contribution in [3.05, 3.63) is 47.2 Å². The zero-order chi connectivity index (χ0) is 19.7. The summed E-state index contributed by atoms with van der Waals surface area (Å²) in [5.41, 5.74) is 2.69. The molecule has 7 nitrogen and oxygen atoms in total. The molecule has 1 amide bonds. The van der Waals surface area contributed by atoms with Gasteiger partial charge in [0.1, 0.15) is 17.4 Å². The lowest BCUT2D eigenvalue weighted by atomic mass is 9.96. The predicted molar refractivity (Wildman–Crippen MR) is 107 cm³/mol. The van der Waals surface area contributed by atoms with E-state index >= 15 is 0 Å². The number of carbonyl (C=O) groups is 1. The summed E-state index contributed by atoms with van der Waals surface area (Å²) in [4.78, 5) is 28.2. The molecule has 7 heteroatoms. The largest absolute Gasteiger partial charge is 0.443 e. The maximum Gasteiger partial charge on any atom is 0.231 e. The summed E-state index contributed by atoms with van der Waals surface area (Å²) in [5, 5.41) is 4.01. The number of fused-ring (bicyclic) bond motifs is 1. The number of nitrogens with zero attached hydrogens (tertiary/aromatic N) is 4. The van der Waals surface area contributed by atoms with Gasteiger partial charge in [-0.05, 0) is 45.2 Å². The van der Waals surface area contributed by atoms with Crippen LogP contribution in [-0.4, -0.2) is 33.9 Å². The number of aryl methyl sites for hydroxylation is 3. The topological polar surface area (TPSA) is 84.2 Å². The molecule has 1 atom stereocenters. The standard InChI is InChI=1S/C21H25N5O2/c1-13-14(2)28-21-18(13)19(24-15(3)25-21)26-9-5-7-17(12-26)20(27)23-11-16-6-4-8-22-10-16/h4,6,8,10,17H,5,7,9,11-12H2,1-3H3,(H,23,27)/t17-/m1/s1. The highest BCUT2D eigenvalue weighted by Gasteiger charge is 2.29. The van der Waals surface area contributed by atoms with Crippen molar-refractivity contribution in [3.8, 4) is 0 Å². The van der Waals surface area contributed by atoms with Gasteiger partial charge in [0, 0.05) is 37.6 Å². The summed E-state index contributed by atoms with van der Waals surface area (Å²) in [6.07, 6.45) is 5.34. The highest BCUT2D eigenvalue weighted by Crippen LogP contribution is 2.33. The van der Waals surface area contributed by atoms with Gasteiger partial charge in [-0.1, -0.05) is 6.07 Å². The molecule has 0 bridgehead atoms. The third-order valence-electron chi connectivity index (χ3n) is 5.40. The number of rotatable bonds is 4. The van der Waals surface area contributed by atoms with Crippen molar-refractivity contribution in [2.24, 2.45) is 5.92 Å². The molecule has 1 fully saturated rings. The number of pyridine rings is 1. The van der Waals surface area contributed by atoms with Crippen LogP contribution in [0, 0.1) is 26.7 Å². The van der Waals surface area contributed by atoms with Gasteiger partial charge >= 0.3 is 0 Å². The van der Waals surface area contributed by atoms with E-state index in [2.05, 4.69) is 20.2 Å². The van der Waals surface area contributed by atoms with E-state index in [0.29, 0.717) is 24.6 Å². The van der Waals surface area contributed by atoms with Crippen LogP contribution in [0.1, 0.15) is 35.6 Å². The van der Waals surface area contributed by atoms with Crippen LogP contribution in [0.5, 0.6) is 0 Å². The molecule has 4 rings (SSSR count). The van der Waals surface area contributed by atoms with Gasteiger partial charge in [0.25, 0.3) is 0 Å². The van der Waals surface area contributed by atoms with E-state index in [0.717, 1.165) is 47.5 Å². The molecule has 3 aromatic rings. The quantitative estimate of drug-likeness (QED) is 0.750. The van der Waals surface area contributed by atoms with Crippen LogP contribution in [0.3, 0.4) is 0 Å². The van der Waals surface area contributed by atoms with Gasteiger partial charge in [0.15, 0.2) is 0 Å². The van der Waals surface area contributed by atoms with Gasteiger partial charge in [-0.25, -0.2) is 4.98 Å². The molecule has 0 saturated carbocycles. The summed E-state index contributed by atoms with van der Waals surface area (Å²) < 4.78 is 5.81. The minimum atomic E-state index is -0.0657. The van der Waals surface area contributed by atoms with Crippen molar-refractivity contribution in [3.63, 3.8) is 0 Å². The number of anilines is 1. The molecule has 146 valence electrons. The highest BCUT2D eigenvalue weighted by atomic mass is 16.3. The molecule has 0 aromatic carbocycles. The average molecular weight is 379 g/mol. The van der Waals surface area contributed by atoms with Crippen LogP contribution in [0.4, 0.5) is 5.82 Å². The minimum absolute atomic E-state index is 0.0657. The lowest BCUT2D eigenvalue weighted by molar-refractivity contribution is -0.125. The summed E-state index contributed by atoms with van der Waals surface area (Å²) in [6.45, 7) is 7.88. The minimum Gasteiger partial charge on any atom is -0.443 e. The summed E-state index contributed by atoms with van der Waals surface area (Å²) >= 11 is 0. The van der Waals surface area contributed by atoms with Crippen LogP contribution < -0.4 is 10.2 Å². The van der Waals surface area contributed by atoms with E-state index in [1.54, 1.807) is 12.4 Å². The molecule has 0 radical (unpaired) electrons. The van der Waals surface area contributed by atoms with Gasteiger partial charge in [0.05, 0.1) is 11.3 Å². The van der Waals surface area contributed by atoms with Gasteiger partial charge in [-0.15, -0.1) is 0 Å². The SMILES string of the molecule is Cc1nc(N2CCC[C@@H](C(=O)NCc3cccnc3)C2)c2c(C)c(C)oc2n1. The molecule has 1 aliphatic heterocycles. The molecule has 1 aliphatic rings. The van der Waals surface area contributed by atoms with Gasteiger partial charge in [-0.3, -0.25) is 9.78 Å². The average Bonchev–Trinajstić information content (AvgIpc) is 3.00. The third-order valence-corrected chi connectivity index (χ3v) is 5.40. The lowest BCUT2D eigenvalue weighted by Gasteiger charge is -2.33. The molecule has 4 heterocycles. The number of aromatic nitrogens is 3. The maximum absolute atomic E-state index is 12.7. The number of nitrogens with one attached hydrogen (secondary N) is 1. The maximum atomic E-state index is 12.7. The number of amides is 1. The number of carbonyl (C=O) groups excluding carboxylic acids is 1. The molecule has 1 saturated heterocycles. The van der Waals surface area contributed by atoms with Gasteiger partial charge < -0.3 is 14.6 Å². The summed E-state index contributed by atoms with van der Waals surface area (Å²) in [7, 11) is 0. The Morgan fingerprint density at radius 2 is 2.18 bits per heavy atom. The Morgan fingerprint density at radius 3 is 2.96 bits per heavy atom. The fraction of sp³-hybridized carbons (Fsp3) is 0.429. The van der Waals surface area contributed by atoms with Gasteiger partial charge in [0.2, 0.25) is 11.6 Å². The number of furan rings is 1. The van der Waals surface area contributed by atoms with Gasteiger partial charge in [-0.2, -0.15) is 4.98 Å².